The number of nitrogens with zero attached hydrogens (tertiary/aromatic N) is 1. The molecule has 4 rings (SSSR count). The SMILES string of the molecule is COc1c(C=Cc2ccc(C)cc2)cc(-n2ccc(=O)[nH]c2=O)c2c1C(C)(C)CO2. The van der Waals surface area contributed by atoms with Crippen LogP contribution in [-0.4, -0.2) is 23.3 Å². The van der Waals surface area contributed by atoms with E-state index >= 15 is 0 Å². The lowest BCUT2D eigenvalue weighted by molar-refractivity contribution is 0.289. The van der Waals surface area contributed by atoms with Crippen molar-refractivity contribution in [2.75, 3.05) is 13.7 Å². The fourth-order valence-electron chi connectivity index (χ4n) is 3.73. The number of H-pyrrole nitrogens is 1. The summed E-state index contributed by atoms with van der Waals surface area (Å²) >= 11 is 0. The summed E-state index contributed by atoms with van der Waals surface area (Å²) < 4.78 is 13.2. The van der Waals surface area contributed by atoms with Crippen LogP contribution < -0.4 is 20.7 Å². The molecule has 1 aliphatic rings. The van der Waals surface area contributed by atoms with Gasteiger partial charge in [-0.1, -0.05) is 55.8 Å². The molecule has 3 aromatic rings. The fraction of sp³-hybridized carbons (Fsp3) is 0.250. The average molecular weight is 404 g/mol. The highest BCUT2D eigenvalue weighted by atomic mass is 16.5. The number of nitrogens with one attached hydrogen (secondary N) is 1. The second-order valence-electron chi connectivity index (χ2n) is 8.12. The minimum Gasteiger partial charge on any atom is -0.496 e. The third kappa shape index (κ3) is 3.45. The van der Waals surface area contributed by atoms with Gasteiger partial charge in [-0.2, -0.15) is 0 Å². The maximum absolute atomic E-state index is 12.5. The predicted octanol–water partition coefficient (Wildman–Crippen LogP) is 3.68. The lowest BCUT2D eigenvalue weighted by atomic mass is 9.84. The Balaban J connectivity index is 1.95. The summed E-state index contributed by atoms with van der Waals surface area (Å²) in [4.78, 5) is 26.3. The highest BCUT2D eigenvalue weighted by Gasteiger charge is 2.38. The molecule has 0 fully saturated rings. The number of hydrogen-bond acceptors (Lipinski definition) is 4. The Kier molecular flexibility index (Phi) is 4.86. The zero-order valence-electron chi connectivity index (χ0n) is 17.5. The molecule has 154 valence electrons. The van der Waals surface area contributed by atoms with Crippen LogP contribution in [0.5, 0.6) is 11.5 Å². The van der Waals surface area contributed by atoms with Crippen molar-refractivity contribution in [1.29, 1.82) is 0 Å². The van der Waals surface area contributed by atoms with Crippen LogP contribution in [-0.2, 0) is 5.41 Å². The normalized spacial score (nSPS) is 14.5. The molecular weight excluding hydrogens is 380 g/mol. The van der Waals surface area contributed by atoms with Crippen LogP contribution in [0, 0.1) is 6.92 Å². The van der Waals surface area contributed by atoms with E-state index in [1.807, 2.05) is 37.3 Å². The van der Waals surface area contributed by atoms with Crippen molar-refractivity contribution in [3.05, 3.63) is 85.7 Å². The maximum atomic E-state index is 12.5. The highest BCUT2D eigenvalue weighted by molar-refractivity contribution is 5.78. The number of benzene rings is 2. The molecule has 0 saturated carbocycles. The van der Waals surface area contributed by atoms with E-state index < -0.39 is 11.2 Å². The van der Waals surface area contributed by atoms with E-state index in [4.69, 9.17) is 9.47 Å². The lowest BCUT2D eigenvalue weighted by Gasteiger charge is -2.21. The third-order valence-electron chi connectivity index (χ3n) is 5.32. The first kappa shape index (κ1) is 19.8. The third-order valence-corrected chi connectivity index (χ3v) is 5.32. The van der Waals surface area contributed by atoms with Gasteiger partial charge in [0.05, 0.1) is 19.4 Å². The number of hydrogen-bond donors (Lipinski definition) is 1. The topological polar surface area (TPSA) is 73.3 Å². The second kappa shape index (κ2) is 7.37. The Morgan fingerprint density at radius 3 is 2.53 bits per heavy atom. The maximum Gasteiger partial charge on any atom is 0.333 e. The Morgan fingerprint density at radius 2 is 1.87 bits per heavy atom. The zero-order valence-corrected chi connectivity index (χ0v) is 17.5. The number of rotatable bonds is 4. The molecule has 30 heavy (non-hydrogen) atoms. The molecule has 1 aromatic heterocycles. The first-order valence-electron chi connectivity index (χ1n) is 9.75. The summed E-state index contributed by atoms with van der Waals surface area (Å²) in [6.45, 7) is 6.67. The predicted molar refractivity (Wildman–Crippen MR) is 118 cm³/mol. The minimum absolute atomic E-state index is 0.297. The Bertz CT molecular complexity index is 1250. The van der Waals surface area contributed by atoms with Crippen molar-refractivity contribution in [1.82, 2.24) is 9.55 Å². The van der Waals surface area contributed by atoms with Crippen molar-refractivity contribution in [2.45, 2.75) is 26.2 Å². The standard InChI is InChI=1S/C24H24N2O4/c1-15-5-7-16(8-6-15)9-10-17-13-18(26-12-11-19(27)25-23(26)28)22-20(21(17)29-4)24(2,3)14-30-22/h5-13H,14H2,1-4H3,(H,25,27,28). The molecular formula is C24H24N2O4. The minimum atomic E-state index is -0.517. The van der Waals surface area contributed by atoms with Gasteiger partial charge < -0.3 is 9.47 Å². The number of ether oxygens (including phenoxy) is 2. The Hall–Kier alpha value is -3.54. The van der Waals surface area contributed by atoms with E-state index in [1.54, 1.807) is 7.11 Å². The van der Waals surface area contributed by atoms with Crippen LogP contribution in [0.2, 0.25) is 0 Å². The monoisotopic (exact) mass is 404 g/mol. The van der Waals surface area contributed by atoms with Crippen LogP contribution in [0.4, 0.5) is 0 Å². The van der Waals surface area contributed by atoms with Crippen LogP contribution >= 0.6 is 0 Å². The molecule has 6 nitrogen and oxygen atoms in total. The zero-order chi connectivity index (χ0) is 21.5. The molecule has 1 N–H and O–H groups in total. The van der Waals surface area contributed by atoms with Gasteiger partial charge in [0.15, 0.2) is 5.75 Å². The number of methoxy groups -OCH3 is 1. The summed E-state index contributed by atoms with van der Waals surface area (Å²) in [5.74, 6) is 1.32. The molecule has 0 spiro atoms. The second-order valence-corrected chi connectivity index (χ2v) is 8.12. The summed E-state index contributed by atoms with van der Waals surface area (Å²) in [5, 5.41) is 0. The number of fused-ring (bicyclic) bond motifs is 1. The van der Waals surface area contributed by atoms with Gasteiger partial charge in [-0.25, -0.2) is 4.79 Å². The first-order chi connectivity index (χ1) is 14.3. The van der Waals surface area contributed by atoms with E-state index in [2.05, 4.69) is 31.0 Å². The van der Waals surface area contributed by atoms with Gasteiger partial charge in [-0.15, -0.1) is 0 Å². The van der Waals surface area contributed by atoms with Gasteiger partial charge in [0.2, 0.25) is 0 Å². The molecule has 0 radical (unpaired) electrons. The summed E-state index contributed by atoms with van der Waals surface area (Å²) in [6, 6.07) is 11.4. The number of aromatic nitrogens is 2. The van der Waals surface area contributed by atoms with Crippen molar-refractivity contribution in [3.63, 3.8) is 0 Å². The average Bonchev–Trinajstić information content (AvgIpc) is 3.02. The summed E-state index contributed by atoms with van der Waals surface area (Å²) in [7, 11) is 1.64. The van der Waals surface area contributed by atoms with E-state index in [0.29, 0.717) is 18.0 Å². The van der Waals surface area contributed by atoms with Gasteiger partial charge in [-0.3, -0.25) is 14.3 Å². The Morgan fingerprint density at radius 1 is 1.13 bits per heavy atom. The molecule has 0 saturated heterocycles. The van der Waals surface area contributed by atoms with Gasteiger partial charge in [0.1, 0.15) is 5.75 Å². The van der Waals surface area contributed by atoms with Crippen molar-refractivity contribution in [3.8, 4) is 17.2 Å². The largest absolute Gasteiger partial charge is 0.496 e. The summed E-state index contributed by atoms with van der Waals surface area (Å²) in [5.41, 5.74) is 3.30. The van der Waals surface area contributed by atoms with Gasteiger partial charge >= 0.3 is 5.69 Å². The van der Waals surface area contributed by atoms with E-state index in [1.165, 1.54) is 22.4 Å². The van der Waals surface area contributed by atoms with Crippen LogP contribution in [0.15, 0.2) is 52.2 Å². The lowest BCUT2D eigenvalue weighted by Crippen LogP contribution is -2.27. The molecule has 6 heteroatoms. The van der Waals surface area contributed by atoms with Gasteiger partial charge in [0.25, 0.3) is 5.56 Å². The molecule has 0 aliphatic carbocycles. The number of aryl methyl sites for hydroxylation is 1. The summed E-state index contributed by atoms with van der Waals surface area (Å²) in [6.07, 6.45) is 5.44. The van der Waals surface area contributed by atoms with Crippen molar-refractivity contribution in [2.24, 2.45) is 0 Å². The van der Waals surface area contributed by atoms with Crippen molar-refractivity contribution < 1.29 is 9.47 Å². The van der Waals surface area contributed by atoms with Crippen LogP contribution in [0.25, 0.3) is 17.8 Å². The molecule has 2 heterocycles. The molecule has 2 aromatic carbocycles. The molecule has 0 unspecified atom stereocenters. The first-order valence-corrected chi connectivity index (χ1v) is 9.75. The van der Waals surface area contributed by atoms with Gasteiger partial charge in [0, 0.05) is 28.8 Å². The van der Waals surface area contributed by atoms with E-state index in [9.17, 15) is 9.59 Å². The van der Waals surface area contributed by atoms with Crippen molar-refractivity contribution >= 4 is 12.2 Å². The van der Waals surface area contributed by atoms with Crippen LogP contribution in [0.1, 0.15) is 36.1 Å². The molecule has 1 aliphatic heterocycles. The Labute approximate surface area is 174 Å². The van der Waals surface area contributed by atoms with E-state index in [-0.39, 0.29) is 5.41 Å². The van der Waals surface area contributed by atoms with E-state index in [0.717, 1.165) is 22.4 Å². The number of aromatic amines is 1. The molecule has 0 amide bonds. The quantitative estimate of drug-likeness (QED) is 0.673. The highest BCUT2D eigenvalue weighted by Crippen LogP contribution is 2.49. The molecule has 0 bridgehead atoms. The molecule has 0 atom stereocenters. The van der Waals surface area contributed by atoms with Crippen LogP contribution in [0.3, 0.4) is 0 Å². The van der Waals surface area contributed by atoms with Gasteiger partial charge in [-0.05, 0) is 18.6 Å². The smallest absolute Gasteiger partial charge is 0.333 e. The fourth-order valence-corrected chi connectivity index (χ4v) is 3.73.